The van der Waals surface area contributed by atoms with Crippen LogP contribution in [0.15, 0.2) is 47.4 Å². The Morgan fingerprint density at radius 2 is 1.78 bits per heavy atom. The summed E-state index contributed by atoms with van der Waals surface area (Å²) in [6.45, 7) is 4.82. The molecule has 0 aliphatic carbocycles. The lowest BCUT2D eigenvalue weighted by Crippen LogP contribution is -2.35. The number of hydrogen-bond acceptors (Lipinski definition) is 3. The lowest BCUT2D eigenvalue weighted by atomic mass is 9.94. The molecule has 3 rings (SSSR count). The number of anilines is 1. The molecule has 0 saturated carbocycles. The van der Waals surface area contributed by atoms with Crippen molar-refractivity contribution >= 4 is 21.7 Å². The first-order valence-electron chi connectivity index (χ1n) is 9.01. The minimum absolute atomic E-state index is 0.0374. The van der Waals surface area contributed by atoms with E-state index in [9.17, 15) is 13.2 Å². The summed E-state index contributed by atoms with van der Waals surface area (Å²) in [7, 11) is -2.19. The van der Waals surface area contributed by atoms with Crippen LogP contribution in [0.4, 0.5) is 10.5 Å². The summed E-state index contributed by atoms with van der Waals surface area (Å²) in [6.07, 6.45) is 1.87. The Kier molecular flexibility index (Phi) is 5.53. The molecule has 7 heteroatoms. The smallest absolute Gasteiger partial charge is 0.317 e. The van der Waals surface area contributed by atoms with Crippen LogP contribution in [0.5, 0.6) is 0 Å². The first-order valence-corrected chi connectivity index (χ1v) is 10.5. The number of amides is 2. The minimum atomic E-state index is -3.56. The Bertz CT molecular complexity index is 936. The number of hydrogen-bond donors (Lipinski definition) is 2. The number of benzene rings is 2. The average Bonchev–Trinajstić information content (AvgIpc) is 3.11. The number of rotatable bonds is 4. The van der Waals surface area contributed by atoms with Crippen molar-refractivity contribution < 1.29 is 13.2 Å². The molecule has 1 fully saturated rings. The van der Waals surface area contributed by atoms with Crippen LogP contribution in [0, 0.1) is 13.8 Å². The summed E-state index contributed by atoms with van der Waals surface area (Å²) >= 11 is 0. The van der Waals surface area contributed by atoms with Gasteiger partial charge in [0.25, 0.3) is 0 Å². The molecule has 2 amide bonds. The second-order valence-corrected chi connectivity index (χ2v) is 8.71. The minimum Gasteiger partial charge on any atom is -0.317 e. The van der Waals surface area contributed by atoms with Crippen molar-refractivity contribution in [3.63, 3.8) is 0 Å². The van der Waals surface area contributed by atoms with E-state index >= 15 is 0 Å². The number of carbonyl (C=O) groups is 1. The third-order valence-corrected chi connectivity index (χ3v) is 6.47. The van der Waals surface area contributed by atoms with Gasteiger partial charge in [-0.3, -0.25) is 0 Å². The second kappa shape index (κ2) is 7.70. The van der Waals surface area contributed by atoms with Crippen LogP contribution in [-0.4, -0.2) is 32.9 Å². The predicted octanol–water partition coefficient (Wildman–Crippen LogP) is 3.58. The van der Waals surface area contributed by atoms with E-state index in [-0.39, 0.29) is 17.0 Å². The largest absolute Gasteiger partial charge is 0.322 e. The van der Waals surface area contributed by atoms with Crippen molar-refractivity contribution in [1.29, 1.82) is 0 Å². The molecule has 2 aromatic carbocycles. The van der Waals surface area contributed by atoms with Gasteiger partial charge in [0, 0.05) is 12.2 Å². The molecular weight excluding hydrogens is 362 g/mol. The van der Waals surface area contributed by atoms with Crippen LogP contribution in [0.25, 0.3) is 0 Å². The predicted molar refractivity (Wildman–Crippen MR) is 106 cm³/mol. The fourth-order valence-corrected chi connectivity index (χ4v) is 4.49. The van der Waals surface area contributed by atoms with Crippen molar-refractivity contribution in [2.24, 2.45) is 0 Å². The number of nitrogens with zero attached hydrogens (tertiary/aromatic N) is 1. The molecule has 6 nitrogen and oxygen atoms in total. The van der Waals surface area contributed by atoms with E-state index in [4.69, 9.17) is 0 Å². The quantitative estimate of drug-likeness (QED) is 0.842. The van der Waals surface area contributed by atoms with E-state index in [1.807, 2.05) is 11.0 Å². The standard InChI is InChI=1S/C20H25N3O3S/c1-14-7-4-8-15(2)19(14)18-11-6-12-23(18)20(24)22-16-9-5-10-17(13-16)27(25,26)21-3/h4-5,7-10,13,18,21H,6,11-12H2,1-3H3,(H,22,24). The number of sulfonamides is 1. The zero-order chi connectivity index (χ0) is 19.6. The Labute approximate surface area is 160 Å². The van der Waals surface area contributed by atoms with Crippen molar-refractivity contribution in [2.75, 3.05) is 18.9 Å². The van der Waals surface area contributed by atoms with Gasteiger partial charge in [-0.15, -0.1) is 0 Å². The lowest BCUT2D eigenvalue weighted by molar-refractivity contribution is 0.207. The number of likely N-dealkylation sites (tertiary alicyclic amines) is 1. The fraction of sp³-hybridized carbons (Fsp3) is 0.350. The summed E-state index contributed by atoms with van der Waals surface area (Å²) in [5, 5.41) is 2.85. The highest BCUT2D eigenvalue weighted by Gasteiger charge is 2.31. The summed E-state index contributed by atoms with van der Waals surface area (Å²) in [6, 6.07) is 12.3. The second-order valence-electron chi connectivity index (χ2n) is 6.82. The van der Waals surface area contributed by atoms with Crippen LogP contribution in [0.3, 0.4) is 0 Å². The van der Waals surface area contributed by atoms with Gasteiger partial charge in [-0.05, 0) is 68.6 Å². The first kappa shape index (κ1) is 19.4. The Morgan fingerprint density at radius 1 is 1.11 bits per heavy atom. The molecule has 1 saturated heterocycles. The van der Waals surface area contributed by atoms with Gasteiger partial charge < -0.3 is 10.2 Å². The molecule has 2 aromatic rings. The maximum atomic E-state index is 12.9. The molecule has 1 unspecified atom stereocenters. The SMILES string of the molecule is CNS(=O)(=O)c1cccc(NC(=O)N2CCCC2c2c(C)cccc2C)c1. The molecule has 0 aromatic heterocycles. The third-order valence-electron chi connectivity index (χ3n) is 5.05. The van der Waals surface area contributed by atoms with Gasteiger partial charge in [-0.25, -0.2) is 17.9 Å². The highest BCUT2D eigenvalue weighted by atomic mass is 32.2. The number of carbonyl (C=O) groups excluding carboxylic acids is 1. The first-order chi connectivity index (χ1) is 12.8. The molecule has 144 valence electrons. The van der Waals surface area contributed by atoms with E-state index in [1.165, 1.54) is 35.9 Å². The van der Waals surface area contributed by atoms with Crippen molar-refractivity contribution in [1.82, 2.24) is 9.62 Å². The maximum Gasteiger partial charge on any atom is 0.322 e. The molecule has 27 heavy (non-hydrogen) atoms. The highest BCUT2D eigenvalue weighted by Crippen LogP contribution is 2.36. The summed E-state index contributed by atoms with van der Waals surface area (Å²) in [4.78, 5) is 14.9. The zero-order valence-corrected chi connectivity index (χ0v) is 16.6. The van der Waals surface area contributed by atoms with Crippen LogP contribution >= 0.6 is 0 Å². The summed E-state index contributed by atoms with van der Waals surface area (Å²) in [5.74, 6) is 0. The monoisotopic (exact) mass is 387 g/mol. The molecule has 1 atom stereocenters. The van der Waals surface area contributed by atoms with E-state index in [0.717, 1.165) is 12.8 Å². The van der Waals surface area contributed by atoms with Gasteiger partial charge in [-0.1, -0.05) is 24.3 Å². The van der Waals surface area contributed by atoms with Gasteiger partial charge in [0.1, 0.15) is 0 Å². The molecule has 1 aliphatic heterocycles. The molecule has 2 N–H and O–H groups in total. The molecule has 1 aliphatic rings. The Hall–Kier alpha value is -2.38. The van der Waals surface area contributed by atoms with Gasteiger partial charge in [-0.2, -0.15) is 0 Å². The molecule has 0 bridgehead atoms. The Morgan fingerprint density at radius 3 is 2.44 bits per heavy atom. The zero-order valence-electron chi connectivity index (χ0n) is 15.8. The van der Waals surface area contributed by atoms with Gasteiger partial charge in [0.05, 0.1) is 10.9 Å². The number of aryl methyl sites for hydroxylation is 2. The van der Waals surface area contributed by atoms with Crippen LogP contribution < -0.4 is 10.0 Å². The van der Waals surface area contributed by atoms with Crippen LogP contribution in [-0.2, 0) is 10.0 Å². The lowest BCUT2D eigenvalue weighted by Gasteiger charge is -2.28. The summed E-state index contributed by atoms with van der Waals surface area (Å²) < 4.78 is 26.2. The Balaban J connectivity index is 1.83. The average molecular weight is 388 g/mol. The van der Waals surface area contributed by atoms with Crippen molar-refractivity contribution in [3.8, 4) is 0 Å². The van der Waals surface area contributed by atoms with E-state index in [1.54, 1.807) is 12.1 Å². The van der Waals surface area contributed by atoms with Gasteiger partial charge in [0.15, 0.2) is 0 Å². The maximum absolute atomic E-state index is 12.9. The van der Waals surface area contributed by atoms with Gasteiger partial charge in [0.2, 0.25) is 10.0 Å². The van der Waals surface area contributed by atoms with E-state index in [0.29, 0.717) is 12.2 Å². The molecule has 0 radical (unpaired) electrons. The van der Waals surface area contributed by atoms with E-state index in [2.05, 4.69) is 36.0 Å². The van der Waals surface area contributed by atoms with Crippen LogP contribution in [0.2, 0.25) is 0 Å². The van der Waals surface area contributed by atoms with Gasteiger partial charge >= 0.3 is 6.03 Å². The fourth-order valence-electron chi connectivity index (χ4n) is 3.72. The summed E-state index contributed by atoms with van der Waals surface area (Å²) in [5.41, 5.74) is 4.03. The number of nitrogens with one attached hydrogen (secondary N) is 2. The third kappa shape index (κ3) is 3.99. The van der Waals surface area contributed by atoms with Crippen molar-refractivity contribution in [2.45, 2.75) is 37.6 Å². The molecular formula is C20H25N3O3S. The normalized spacial score (nSPS) is 17.1. The van der Waals surface area contributed by atoms with Crippen molar-refractivity contribution in [3.05, 3.63) is 59.2 Å². The molecule has 1 heterocycles. The molecule has 0 spiro atoms. The topological polar surface area (TPSA) is 78.5 Å². The van der Waals surface area contributed by atoms with Crippen LogP contribution in [0.1, 0.15) is 35.6 Å². The number of urea groups is 1. The van der Waals surface area contributed by atoms with E-state index < -0.39 is 10.0 Å². The highest BCUT2D eigenvalue weighted by molar-refractivity contribution is 7.89.